The first-order valence-corrected chi connectivity index (χ1v) is 10.2. The van der Waals surface area contributed by atoms with Crippen LogP contribution in [-0.4, -0.2) is 52.5 Å². The molecule has 2 saturated carbocycles. The highest BCUT2D eigenvalue weighted by molar-refractivity contribution is 5.69. The van der Waals surface area contributed by atoms with Crippen LogP contribution in [-0.2, 0) is 4.74 Å². The summed E-state index contributed by atoms with van der Waals surface area (Å²) in [6.45, 7) is 7.30. The molecule has 25 heavy (non-hydrogen) atoms. The summed E-state index contributed by atoms with van der Waals surface area (Å²) in [5.41, 5.74) is -0.947. The Bertz CT molecular complexity index is 468. The van der Waals surface area contributed by atoms with E-state index in [2.05, 4.69) is 5.32 Å². The first-order valence-electron chi connectivity index (χ1n) is 10.2. The Hall–Kier alpha value is -0.810. The quantitative estimate of drug-likeness (QED) is 0.813. The van der Waals surface area contributed by atoms with Crippen molar-refractivity contribution in [2.45, 2.75) is 102 Å². The molecule has 1 saturated heterocycles. The zero-order chi connectivity index (χ0) is 18.1. The van der Waals surface area contributed by atoms with Crippen molar-refractivity contribution < 1.29 is 14.6 Å². The zero-order valence-electron chi connectivity index (χ0n) is 16.2. The summed E-state index contributed by atoms with van der Waals surface area (Å²) in [5, 5.41) is 14.3. The van der Waals surface area contributed by atoms with Gasteiger partial charge in [0.2, 0.25) is 0 Å². The molecule has 1 heterocycles. The summed E-state index contributed by atoms with van der Waals surface area (Å²) in [6.07, 6.45) is 9.63. The second-order valence-corrected chi connectivity index (χ2v) is 9.40. The SMILES string of the molecule is CC(C)(C)OC(=O)N1CCCC1C1CCCC1NCC1(O)CCCC1. The molecule has 0 aromatic rings. The van der Waals surface area contributed by atoms with Gasteiger partial charge in [0.25, 0.3) is 0 Å². The summed E-state index contributed by atoms with van der Waals surface area (Å²) >= 11 is 0. The molecule has 2 aliphatic carbocycles. The van der Waals surface area contributed by atoms with Gasteiger partial charge in [-0.1, -0.05) is 19.3 Å². The number of rotatable bonds is 4. The van der Waals surface area contributed by atoms with Crippen molar-refractivity contribution in [2.24, 2.45) is 5.92 Å². The molecule has 144 valence electrons. The Balaban J connectivity index is 1.59. The predicted octanol–water partition coefficient (Wildman–Crippen LogP) is 3.45. The van der Waals surface area contributed by atoms with Gasteiger partial charge in [0.15, 0.2) is 0 Å². The lowest BCUT2D eigenvalue weighted by Crippen LogP contribution is -2.50. The number of amides is 1. The molecule has 3 unspecified atom stereocenters. The van der Waals surface area contributed by atoms with Crippen LogP contribution in [0.2, 0.25) is 0 Å². The van der Waals surface area contributed by atoms with Crippen molar-refractivity contribution in [1.29, 1.82) is 0 Å². The number of hydrogen-bond acceptors (Lipinski definition) is 4. The number of carbonyl (C=O) groups is 1. The molecular formula is C20H36N2O3. The topological polar surface area (TPSA) is 61.8 Å². The van der Waals surface area contributed by atoms with Gasteiger partial charge in [-0.2, -0.15) is 0 Å². The van der Waals surface area contributed by atoms with Crippen molar-refractivity contribution in [3.63, 3.8) is 0 Å². The Labute approximate surface area is 152 Å². The Morgan fingerprint density at radius 1 is 1.16 bits per heavy atom. The lowest BCUT2D eigenvalue weighted by Gasteiger charge is -2.35. The lowest BCUT2D eigenvalue weighted by atomic mass is 9.91. The third-order valence-corrected chi connectivity index (χ3v) is 6.22. The molecule has 0 bridgehead atoms. The van der Waals surface area contributed by atoms with E-state index in [9.17, 15) is 9.90 Å². The zero-order valence-corrected chi connectivity index (χ0v) is 16.2. The van der Waals surface area contributed by atoms with Crippen LogP contribution in [0, 0.1) is 5.92 Å². The van der Waals surface area contributed by atoms with E-state index in [4.69, 9.17) is 4.74 Å². The van der Waals surface area contributed by atoms with Crippen molar-refractivity contribution in [2.75, 3.05) is 13.1 Å². The molecular weight excluding hydrogens is 316 g/mol. The summed E-state index contributed by atoms with van der Waals surface area (Å²) in [6, 6.07) is 0.700. The summed E-state index contributed by atoms with van der Waals surface area (Å²) in [7, 11) is 0. The van der Waals surface area contributed by atoms with Gasteiger partial charge in [-0.05, 0) is 65.2 Å². The van der Waals surface area contributed by atoms with Crippen LogP contribution in [0.1, 0.15) is 78.6 Å². The third-order valence-electron chi connectivity index (χ3n) is 6.22. The van der Waals surface area contributed by atoms with Crippen molar-refractivity contribution in [1.82, 2.24) is 10.2 Å². The van der Waals surface area contributed by atoms with E-state index in [1.807, 2.05) is 25.7 Å². The molecule has 3 rings (SSSR count). The molecule has 0 spiro atoms. The molecule has 0 radical (unpaired) electrons. The summed E-state index contributed by atoms with van der Waals surface area (Å²) in [4.78, 5) is 14.6. The van der Waals surface area contributed by atoms with E-state index in [0.29, 0.717) is 18.5 Å². The summed E-state index contributed by atoms with van der Waals surface area (Å²) in [5.74, 6) is 0.486. The lowest BCUT2D eigenvalue weighted by molar-refractivity contribution is 0.0146. The number of hydrogen-bond donors (Lipinski definition) is 2. The molecule has 3 fully saturated rings. The highest BCUT2D eigenvalue weighted by Crippen LogP contribution is 2.37. The van der Waals surface area contributed by atoms with E-state index >= 15 is 0 Å². The Kier molecular flexibility index (Phi) is 5.64. The normalized spacial score (nSPS) is 32.3. The highest BCUT2D eigenvalue weighted by atomic mass is 16.6. The van der Waals surface area contributed by atoms with Gasteiger partial charge < -0.3 is 20.1 Å². The maximum absolute atomic E-state index is 12.6. The van der Waals surface area contributed by atoms with E-state index < -0.39 is 11.2 Å². The van der Waals surface area contributed by atoms with Crippen molar-refractivity contribution in [3.8, 4) is 0 Å². The number of aliphatic hydroxyl groups is 1. The van der Waals surface area contributed by atoms with Gasteiger partial charge >= 0.3 is 6.09 Å². The van der Waals surface area contributed by atoms with Gasteiger partial charge in [0.05, 0.1) is 5.60 Å². The van der Waals surface area contributed by atoms with E-state index in [0.717, 1.165) is 51.5 Å². The molecule has 5 heteroatoms. The maximum Gasteiger partial charge on any atom is 0.410 e. The second kappa shape index (κ2) is 7.43. The van der Waals surface area contributed by atoms with Crippen LogP contribution in [0.25, 0.3) is 0 Å². The van der Waals surface area contributed by atoms with Crippen LogP contribution in [0.3, 0.4) is 0 Å². The Morgan fingerprint density at radius 2 is 1.88 bits per heavy atom. The fraction of sp³-hybridized carbons (Fsp3) is 0.950. The molecule has 1 amide bonds. The van der Waals surface area contributed by atoms with E-state index in [-0.39, 0.29) is 12.1 Å². The molecule has 3 aliphatic rings. The molecule has 0 aromatic carbocycles. The Morgan fingerprint density at radius 3 is 2.56 bits per heavy atom. The number of nitrogens with zero attached hydrogens (tertiary/aromatic N) is 1. The molecule has 2 N–H and O–H groups in total. The predicted molar refractivity (Wildman–Crippen MR) is 98.5 cm³/mol. The highest BCUT2D eigenvalue weighted by Gasteiger charge is 2.42. The third kappa shape index (κ3) is 4.68. The van der Waals surface area contributed by atoms with Crippen molar-refractivity contribution in [3.05, 3.63) is 0 Å². The van der Waals surface area contributed by atoms with Crippen LogP contribution in [0.4, 0.5) is 4.79 Å². The van der Waals surface area contributed by atoms with Crippen LogP contribution < -0.4 is 5.32 Å². The first-order chi connectivity index (χ1) is 11.8. The fourth-order valence-corrected chi connectivity index (χ4v) is 5.02. The van der Waals surface area contributed by atoms with E-state index in [1.165, 1.54) is 12.8 Å². The minimum Gasteiger partial charge on any atom is -0.444 e. The molecule has 5 nitrogen and oxygen atoms in total. The fourth-order valence-electron chi connectivity index (χ4n) is 5.02. The first kappa shape index (κ1) is 19.0. The average Bonchev–Trinajstić information content (AvgIpc) is 3.23. The smallest absolute Gasteiger partial charge is 0.410 e. The minimum absolute atomic E-state index is 0.157. The minimum atomic E-state index is -0.506. The van der Waals surface area contributed by atoms with E-state index in [1.54, 1.807) is 0 Å². The average molecular weight is 353 g/mol. The summed E-state index contributed by atoms with van der Waals surface area (Å²) < 4.78 is 5.63. The van der Waals surface area contributed by atoms with Gasteiger partial charge in [-0.3, -0.25) is 0 Å². The van der Waals surface area contributed by atoms with Gasteiger partial charge in [0.1, 0.15) is 5.60 Å². The van der Waals surface area contributed by atoms with Gasteiger partial charge in [0, 0.05) is 25.2 Å². The van der Waals surface area contributed by atoms with Crippen molar-refractivity contribution >= 4 is 6.09 Å². The van der Waals surface area contributed by atoms with Gasteiger partial charge in [-0.25, -0.2) is 4.79 Å². The van der Waals surface area contributed by atoms with Gasteiger partial charge in [-0.15, -0.1) is 0 Å². The van der Waals surface area contributed by atoms with Crippen LogP contribution >= 0.6 is 0 Å². The number of carbonyl (C=O) groups excluding carboxylic acids is 1. The number of likely N-dealkylation sites (tertiary alicyclic amines) is 1. The standard InChI is InChI=1S/C20H36N2O3/c1-19(2,3)25-18(23)22-13-7-10-17(22)15-8-6-9-16(15)21-14-20(24)11-4-5-12-20/h15-17,21,24H,4-14H2,1-3H3. The maximum atomic E-state index is 12.6. The monoisotopic (exact) mass is 352 g/mol. The number of nitrogens with one attached hydrogen (secondary N) is 1. The van der Waals surface area contributed by atoms with Crippen LogP contribution in [0.5, 0.6) is 0 Å². The molecule has 1 aliphatic heterocycles. The molecule has 3 atom stereocenters. The van der Waals surface area contributed by atoms with Crippen LogP contribution in [0.15, 0.2) is 0 Å². The second-order valence-electron chi connectivity index (χ2n) is 9.40. The largest absolute Gasteiger partial charge is 0.444 e. The number of ether oxygens (including phenoxy) is 1. The molecule has 0 aromatic heterocycles.